The van der Waals surface area contributed by atoms with Crippen molar-refractivity contribution < 1.29 is 19.4 Å². The highest BCUT2D eigenvalue weighted by Crippen LogP contribution is 2.21. The first-order chi connectivity index (χ1) is 10.5. The molecule has 120 valence electrons. The van der Waals surface area contributed by atoms with E-state index in [1.807, 2.05) is 24.3 Å². The predicted octanol–water partition coefficient (Wildman–Crippen LogP) is 3.04. The third-order valence-corrected chi connectivity index (χ3v) is 4.23. The molecule has 1 aliphatic rings. The summed E-state index contributed by atoms with van der Waals surface area (Å²) in [5.41, 5.74) is 0.788. The van der Waals surface area contributed by atoms with Crippen LogP contribution in [0.3, 0.4) is 0 Å². The minimum atomic E-state index is -0.938. The van der Waals surface area contributed by atoms with Crippen molar-refractivity contribution in [3.63, 3.8) is 0 Å². The van der Waals surface area contributed by atoms with Gasteiger partial charge in [0.25, 0.3) is 0 Å². The number of hydrogen-bond donors (Lipinski definition) is 2. The Kier molecular flexibility index (Phi) is 6.39. The van der Waals surface area contributed by atoms with Gasteiger partial charge >= 0.3 is 5.97 Å². The lowest BCUT2D eigenvalue weighted by Crippen LogP contribution is -2.30. The Morgan fingerprint density at radius 2 is 2.09 bits per heavy atom. The van der Waals surface area contributed by atoms with E-state index in [1.165, 1.54) is 0 Å². The summed E-state index contributed by atoms with van der Waals surface area (Å²) in [7, 11) is 0. The van der Waals surface area contributed by atoms with Crippen molar-refractivity contribution in [3.8, 4) is 0 Å². The normalized spacial score (nSPS) is 18.9. The summed E-state index contributed by atoms with van der Waals surface area (Å²) in [5.74, 6) is -1.07. The Hall–Kier alpha value is -1.40. The maximum atomic E-state index is 12.1. The van der Waals surface area contributed by atoms with Crippen molar-refractivity contribution in [2.45, 2.75) is 44.2 Å². The van der Waals surface area contributed by atoms with Crippen LogP contribution in [0, 0.1) is 0 Å². The fourth-order valence-corrected chi connectivity index (χ4v) is 2.82. The van der Waals surface area contributed by atoms with E-state index in [1.54, 1.807) is 0 Å². The molecule has 0 spiro atoms. The number of nitrogens with one attached hydrogen (secondary N) is 1. The van der Waals surface area contributed by atoms with E-state index in [9.17, 15) is 9.59 Å². The van der Waals surface area contributed by atoms with Gasteiger partial charge in [-0.25, -0.2) is 0 Å². The van der Waals surface area contributed by atoms with Crippen LogP contribution < -0.4 is 5.32 Å². The summed E-state index contributed by atoms with van der Waals surface area (Å²) in [6.07, 6.45) is 3.12. The number of halogens is 1. The van der Waals surface area contributed by atoms with E-state index < -0.39 is 12.0 Å². The van der Waals surface area contributed by atoms with Gasteiger partial charge < -0.3 is 15.2 Å². The maximum Gasteiger partial charge on any atom is 0.305 e. The van der Waals surface area contributed by atoms with Crippen molar-refractivity contribution in [2.75, 3.05) is 6.61 Å². The minimum absolute atomic E-state index is 0.132. The molecule has 1 heterocycles. The van der Waals surface area contributed by atoms with Gasteiger partial charge in [-0.1, -0.05) is 28.1 Å². The quantitative estimate of drug-likeness (QED) is 0.774. The number of carbonyl (C=O) groups excluding carboxylic acids is 1. The molecule has 0 saturated carbocycles. The van der Waals surface area contributed by atoms with Crippen molar-refractivity contribution in [2.24, 2.45) is 0 Å². The van der Waals surface area contributed by atoms with E-state index >= 15 is 0 Å². The molecule has 1 aromatic carbocycles. The first-order valence-electron chi connectivity index (χ1n) is 7.43. The molecular formula is C16H20BrNO4. The van der Waals surface area contributed by atoms with Gasteiger partial charge in [-0.05, 0) is 37.0 Å². The van der Waals surface area contributed by atoms with Gasteiger partial charge in [0, 0.05) is 17.5 Å². The second-order valence-electron chi connectivity index (χ2n) is 5.44. The zero-order valence-electron chi connectivity index (χ0n) is 12.3. The molecule has 22 heavy (non-hydrogen) atoms. The second-order valence-corrected chi connectivity index (χ2v) is 6.36. The maximum absolute atomic E-state index is 12.1. The molecule has 2 atom stereocenters. The molecule has 1 aliphatic heterocycles. The fraction of sp³-hybridized carbons (Fsp3) is 0.500. The molecule has 0 aliphatic carbocycles. The Morgan fingerprint density at radius 3 is 2.68 bits per heavy atom. The summed E-state index contributed by atoms with van der Waals surface area (Å²) in [6.45, 7) is 0.771. The molecule has 1 fully saturated rings. The summed E-state index contributed by atoms with van der Waals surface area (Å²) in [6, 6.07) is 6.80. The van der Waals surface area contributed by atoms with E-state index in [-0.39, 0.29) is 18.4 Å². The number of amides is 1. The number of ether oxygens (including phenoxy) is 1. The highest BCUT2D eigenvalue weighted by Gasteiger charge is 2.20. The second kappa shape index (κ2) is 8.29. The average molecular weight is 370 g/mol. The van der Waals surface area contributed by atoms with Gasteiger partial charge in [-0.2, -0.15) is 0 Å². The van der Waals surface area contributed by atoms with Crippen molar-refractivity contribution in [1.82, 2.24) is 5.32 Å². The highest BCUT2D eigenvalue weighted by molar-refractivity contribution is 9.10. The number of aliphatic carboxylic acids is 1. The largest absolute Gasteiger partial charge is 0.481 e. The molecule has 1 amide bonds. The van der Waals surface area contributed by atoms with Crippen LogP contribution in [0.25, 0.3) is 0 Å². The van der Waals surface area contributed by atoms with Gasteiger partial charge in [-0.3, -0.25) is 9.59 Å². The van der Waals surface area contributed by atoms with Crippen LogP contribution in [0.5, 0.6) is 0 Å². The molecule has 0 bridgehead atoms. The predicted molar refractivity (Wildman–Crippen MR) is 85.5 cm³/mol. The Labute approximate surface area is 138 Å². The molecule has 0 radical (unpaired) electrons. The molecule has 5 nitrogen and oxygen atoms in total. The third-order valence-electron chi connectivity index (χ3n) is 3.70. The first kappa shape index (κ1) is 17.0. The lowest BCUT2D eigenvalue weighted by atomic mass is 10.0. The van der Waals surface area contributed by atoms with Crippen molar-refractivity contribution >= 4 is 27.8 Å². The molecule has 1 aromatic rings. The number of rotatable bonds is 7. The van der Waals surface area contributed by atoms with Gasteiger partial charge in [0.05, 0.1) is 18.6 Å². The molecule has 2 N–H and O–H groups in total. The zero-order valence-corrected chi connectivity index (χ0v) is 13.8. The average Bonchev–Trinajstić information content (AvgIpc) is 2.98. The Morgan fingerprint density at radius 1 is 1.36 bits per heavy atom. The number of carboxylic acid groups (broad SMARTS) is 1. The molecule has 6 heteroatoms. The molecule has 0 aromatic heterocycles. The SMILES string of the molecule is O=C(O)CC(NC(=O)CCC1CCCO1)c1ccc(Br)cc1. The first-order valence-corrected chi connectivity index (χ1v) is 8.22. The lowest BCUT2D eigenvalue weighted by molar-refractivity contribution is -0.137. The van der Waals surface area contributed by atoms with E-state index in [2.05, 4.69) is 21.2 Å². The summed E-state index contributed by atoms with van der Waals surface area (Å²) in [5, 5.41) is 11.9. The highest BCUT2D eigenvalue weighted by atomic mass is 79.9. The van der Waals surface area contributed by atoms with Crippen LogP contribution in [-0.4, -0.2) is 29.7 Å². The Bertz CT molecular complexity index is 511. The number of hydrogen-bond acceptors (Lipinski definition) is 3. The molecule has 2 rings (SSSR count). The van der Waals surface area contributed by atoms with E-state index in [0.29, 0.717) is 12.8 Å². The van der Waals surface area contributed by atoms with Crippen LogP contribution in [0.4, 0.5) is 0 Å². The molecule has 1 saturated heterocycles. The Balaban J connectivity index is 1.91. The van der Waals surface area contributed by atoms with Crippen LogP contribution in [0.1, 0.15) is 43.7 Å². The van der Waals surface area contributed by atoms with Gasteiger partial charge in [-0.15, -0.1) is 0 Å². The number of carbonyl (C=O) groups is 2. The standard InChI is InChI=1S/C16H20BrNO4/c17-12-5-3-11(4-6-12)14(10-16(20)21)18-15(19)8-7-13-2-1-9-22-13/h3-6,13-14H,1-2,7-10H2,(H,18,19)(H,20,21). The topological polar surface area (TPSA) is 75.6 Å². The molecule has 2 unspecified atom stereocenters. The van der Waals surface area contributed by atoms with Gasteiger partial charge in [0.1, 0.15) is 0 Å². The smallest absolute Gasteiger partial charge is 0.305 e. The van der Waals surface area contributed by atoms with Crippen LogP contribution in [-0.2, 0) is 14.3 Å². The summed E-state index contributed by atoms with van der Waals surface area (Å²) < 4.78 is 6.40. The monoisotopic (exact) mass is 369 g/mol. The summed E-state index contributed by atoms with van der Waals surface area (Å²) in [4.78, 5) is 23.1. The third kappa shape index (κ3) is 5.42. The number of carboxylic acids is 1. The fourth-order valence-electron chi connectivity index (χ4n) is 2.55. The molecular weight excluding hydrogens is 350 g/mol. The minimum Gasteiger partial charge on any atom is -0.481 e. The van der Waals surface area contributed by atoms with E-state index in [0.717, 1.165) is 29.5 Å². The van der Waals surface area contributed by atoms with Gasteiger partial charge in [0.2, 0.25) is 5.91 Å². The van der Waals surface area contributed by atoms with Crippen LogP contribution in [0.15, 0.2) is 28.7 Å². The number of benzene rings is 1. The summed E-state index contributed by atoms with van der Waals surface area (Å²) >= 11 is 3.34. The van der Waals surface area contributed by atoms with Crippen molar-refractivity contribution in [3.05, 3.63) is 34.3 Å². The lowest BCUT2D eigenvalue weighted by Gasteiger charge is -2.18. The zero-order chi connectivity index (χ0) is 15.9. The van der Waals surface area contributed by atoms with Crippen molar-refractivity contribution in [1.29, 1.82) is 0 Å². The van der Waals surface area contributed by atoms with E-state index in [4.69, 9.17) is 9.84 Å². The van der Waals surface area contributed by atoms with Crippen LogP contribution in [0.2, 0.25) is 0 Å². The van der Waals surface area contributed by atoms with Gasteiger partial charge in [0.15, 0.2) is 0 Å². The van der Waals surface area contributed by atoms with Crippen LogP contribution >= 0.6 is 15.9 Å².